The van der Waals surface area contributed by atoms with Crippen LogP contribution in [0.25, 0.3) is 10.8 Å². The lowest BCUT2D eigenvalue weighted by Crippen LogP contribution is -2.04. The van der Waals surface area contributed by atoms with Crippen molar-refractivity contribution in [3.63, 3.8) is 0 Å². The summed E-state index contributed by atoms with van der Waals surface area (Å²) in [7, 11) is -3.38. The van der Waals surface area contributed by atoms with E-state index in [4.69, 9.17) is 18.0 Å². The highest BCUT2D eigenvalue weighted by atomic mass is 35.5. The molecule has 0 bridgehead atoms. The minimum atomic E-state index is -3.38. The Morgan fingerprint density at radius 1 is 1.12 bits per heavy atom. The summed E-state index contributed by atoms with van der Waals surface area (Å²) >= 11 is 5.85. The highest BCUT2D eigenvalue weighted by Crippen LogP contribution is 2.23. The van der Waals surface area contributed by atoms with E-state index in [1.54, 1.807) is 36.4 Å². The monoisotopic (exact) mass is 264 g/mol. The van der Waals surface area contributed by atoms with E-state index in [0.29, 0.717) is 5.02 Å². The van der Waals surface area contributed by atoms with E-state index in [-0.39, 0.29) is 10.6 Å². The number of hydrogen-bond donors (Lipinski definition) is 0. The summed E-state index contributed by atoms with van der Waals surface area (Å²) in [6, 6.07) is 10.2. The van der Waals surface area contributed by atoms with Gasteiger partial charge in [0.1, 0.15) is 5.75 Å². The van der Waals surface area contributed by atoms with Crippen LogP contribution in [-0.2, 0) is 9.84 Å². The molecule has 0 spiro atoms. The second-order valence-corrected chi connectivity index (χ2v) is 6.04. The number of sulfone groups is 1. The molecular weight excluding hydrogens is 256 g/mol. The zero-order chi connectivity index (χ0) is 12.5. The van der Waals surface area contributed by atoms with E-state index in [9.17, 15) is 8.42 Å². The molecule has 0 saturated carbocycles. The molecule has 2 aromatic carbocycles. The SMILES string of the molecule is C#CCS(=O)(=O)c1ccc2cc(Cl)ccc2c1. The Labute approximate surface area is 105 Å². The molecule has 0 heterocycles. The van der Waals surface area contributed by atoms with Crippen LogP contribution in [0, 0.1) is 12.3 Å². The molecule has 2 nitrogen and oxygen atoms in total. The summed E-state index contributed by atoms with van der Waals surface area (Å²) in [6.07, 6.45) is 5.04. The second kappa shape index (κ2) is 4.40. The molecule has 0 N–H and O–H groups in total. The average molecular weight is 265 g/mol. The van der Waals surface area contributed by atoms with Crippen molar-refractivity contribution in [2.24, 2.45) is 0 Å². The third kappa shape index (κ3) is 2.44. The van der Waals surface area contributed by atoms with Crippen molar-refractivity contribution in [3.05, 3.63) is 41.4 Å². The van der Waals surface area contributed by atoms with Gasteiger partial charge in [-0.15, -0.1) is 6.42 Å². The van der Waals surface area contributed by atoms with E-state index in [0.717, 1.165) is 10.8 Å². The number of terminal acetylenes is 1. The summed E-state index contributed by atoms with van der Waals surface area (Å²) in [5.74, 6) is 1.87. The van der Waals surface area contributed by atoms with Crippen LogP contribution in [0.4, 0.5) is 0 Å². The Morgan fingerprint density at radius 2 is 1.76 bits per heavy atom. The Hall–Kier alpha value is -1.50. The van der Waals surface area contributed by atoms with Crippen molar-refractivity contribution in [1.82, 2.24) is 0 Å². The first-order valence-electron chi connectivity index (χ1n) is 4.88. The second-order valence-electron chi connectivity index (χ2n) is 3.62. The molecule has 0 atom stereocenters. The highest BCUT2D eigenvalue weighted by Gasteiger charge is 2.12. The van der Waals surface area contributed by atoms with Crippen LogP contribution in [-0.4, -0.2) is 14.2 Å². The zero-order valence-corrected chi connectivity index (χ0v) is 10.4. The molecule has 4 heteroatoms. The van der Waals surface area contributed by atoms with Gasteiger partial charge in [0, 0.05) is 5.02 Å². The largest absolute Gasteiger partial charge is 0.223 e. The predicted molar refractivity (Wildman–Crippen MR) is 69.8 cm³/mol. The fourth-order valence-electron chi connectivity index (χ4n) is 1.58. The van der Waals surface area contributed by atoms with Gasteiger partial charge in [0.15, 0.2) is 9.84 Å². The maximum Gasteiger partial charge on any atom is 0.189 e. The first-order valence-corrected chi connectivity index (χ1v) is 6.91. The van der Waals surface area contributed by atoms with Gasteiger partial charge in [0.2, 0.25) is 0 Å². The van der Waals surface area contributed by atoms with Crippen LogP contribution in [0.1, 0.15) is 0 Å². The number of benzene rings is 2. The summed E-state index contributed by atoms with van der Waals surface area (Å²) in [5, 5.41) is 2.35. The smallest absolute Gasteiger partial charge is 0.189 e. The quantitative estimate of drug-likeness (QED) is 0.782. The van der Waals surface area contributed by atoms with Gasteiger partial charge in [0.25, 0.3) is 0 Å². The molecule has 86 valence electrons. The molecule has 0 aromatic heterocycles. The van der Waals surface area contributed by atoms with Crippen molar-refractivity contribution in [3.8, 4) is 12.3 Å². The first-order chi connectivity index (χ1) is 8.03. The lowest BCUT2D eigenvalue weighted by Gasteiger charge is -2.03. The molecule has 0 unspecified atom stereocenters. The lowest BCUT2D eigenvalue weighted by atomic mass is 10.1. The van der Waals surface area contributed by atoms with Gasteiger partial charge in [-0.3, -0.25) is 0 Å². The van der Waals surface area contributed by atoms with E-state index in [1.165, 1.54) is 0 Å². The topological polar surface area (TPSA) is 34.1 Å². The molecule has 2 aromatic rings. The fourth-order valence-corrected chi connectivity index (χ4v) is 2.73. The third-order valence-electron chi connectivity index (χ3n) is 2.41. The molecule has 0 aliphatic carbocycles. The number of halogens is 1. The van der Waals surface area contributed by atoms with Gasteiger partial charge in [-0.2, -0.15) is 0 Å². The predicted octanol–water partition coefficient (Wildman–Crippen LogP) is 2.90. The molecule has 0 aliphatic rings. The van der Waals surface area contributed by atoms with Crippen molar-refractivity contribution < 1.29 is 8.42 Å². The lowest BCUT2D eigenvalue weighted by molar-refractivity contribution is 0.599. The van der Waals surface area contributed by atoms with Gasteiger partial charge >= 0.3 is 0 Å². The molecule has 0 aliphatic heterocycles. The molecular formula is C13H9ClO2S. The van der Waals surface area contributed by atoms with Gasteiger partial charge in [-0.25, -0.2) is 8.42 Å². The highest BCUT2D eigenvalue weighted by molar-refractivity contribution is 7.91. The number of hydrogen-bond acceptors (Lipinski definition) is 2. The standard InChI is InChI=1S/C13H9ClO2S/c1-2-7-17(15,16)13-6-4-10-8-12(14)5-3-11(10)9-13/h1,3-6,8-9H,7H2. The Balaban J connectivity index is 2.61. The summed E-state index contributed by atoms with van der Waals surface area (Å²) < 4.78 is 23.5. The Morgan fingerprint density at radius 3 is 2.47 bits per heavy atom. The first kappa shape index (κ1) is 12.0. The third-order valence-corrected chi connectivity index (χ3v) is 4.16. The minimum Gasteiger partial charge on any atom is -0.223 e. The van der Waals surface area contributed by atoms with E-state index >= 15 is 0 Å². The normalized spacial score (nSPS) is 11.3. The van der Waals surface area contributed by atoms with Crippen molar-refractivity contribution >= 4 is 32.2 Å². The van der Waals surface area contributed by atoms with Crippen molar-refractivity contribution in [2.75, 3.05) is 5.75 Å². The van der Waals surface area contributed by atoms with Crippen LogP contribution in [0.15, 0.2) is 41.3 Å². The molecule has 0 saturated heterocycles. The summed E-state index contributed by atoms with van der Waals surface area (Å²) in [4.78, 5) is 0.241. The molecule has 0 radical (unpaired) electrons. The number of fused-ring (bicyclic) bond motifs is 1. The van der Waals surface area contributed by atoms with Gasteiger partial charge in [-0.05, 0) is 35.0 Å². The summed E-state index contributed by atoms with van der Waals surface area (Å²) in [5.41, 5.74) is 0. The van der Waals surface area contributed by atoms with Crippen LogP contribution >= 0.6 is 11.6 Å². The van der Waals surface area contributed by atoms with Crippen LogP contribution < -0.4 is 0 Å². The Bertz CT molecular complexity index is 712. The fraction of sp³-hybridized carbons (Fsp3) is 0.0769. The number of rotatable bonds is 2. The maximum absolute atomic E-state index is 11.8. The van der Waals surface area contributed by atoms with Crippen LogP contribution in [0.2, 0.25) is 5.02 Å². The molecule has 2 rings (SSSR count). The van der Waals surface area contributed by atoms with Gasteiger partial charge in [0.05, 0.1) is 4.90 Å². The average Bonchev–Trinajstić information content (AvgIpc) is 2.28. The molecule has 0 amide bonds. The Kier molecular flexibility index (Phi) is 3.10. The minimum absolute atomic E-state index is 0.241. The maximum atomic E-state index is 11.8. The molecule has 0 fully saturated rings. The molecule has 17 heavy (non-hydrogen) atoms. The summed E-state index contributed by atoms with van der Waals surface area (Å²) in [6.45, 7) is 0. The van der Waals surface area contributed by atoms with E-state index in [2.05, 4.69) is 5.92 Å². The van der Waals surface area contributed by atoms with Gasteiger partial charge < -0.3 is 0 Å². The van der Waals surface area contributed by atoms with E-state index < -0.39 is 9.84 Å². The van der Waals surface area contributed by atoms with Gasteiger partial charge in [-0.1, -0.05) is 29.7 Å². The zero-order valence-electron chi connectivity index (χ0n) is 8.85. The van der Waals surface area contributed by atoms with Crippen molar-refractivity contribution in [2.45, 2.75) is 4.90 Å². The van der Waals surface area contributed by atoms with Crippen LogP contribution in [0.5, 0.6) is 0 Å². The van der Waals surface area contributed by atoms with Crippen LogP contribution in [0.3, 0.4) is 0 Å². The van der Waals surface area contributed by atoms with Crippen molar-refractivity contribution in [1.29, 1.82) is 0 Å². The van der Waals surface area contributed by atoms with E-state index in [1.807, 2.05) is 0 Å².